The molecule has 0 aliphatic carbocycles. The smallest absolute Gasteiger partial charge is 0.216 e. The number of ketones is 1. The van der Waals surface area contributed by atoms with Gasteiger partial charge >= 0.3 is 0 Å². The Balaban J connectivity index is 2.53. The zero-order valence-corrected chi connectivity index (χ0v) is 12.3. The van der Waals surface area contributed by atoms with Crippen molar-refractivity contribution in [3.8, 4) is 0 Å². The van der Waals surface area contributed by atoms with Crippen molar-refractivity contribution in [3.63, 3.8) is 0 Å². The molecule has 0 aromatic heterocycles. The maximum atomic E-state index is 11.5. The van der Waals surface area contributed by atoms with Gasteiger partial charge in [0, 0.05) is 6.08 Å². The molecule has 0 aromatic rings. The predicted octanol–water partition coefficient (Wildman–Crippen LogP) is 3.48. The summed E-state index contributed by atoms with van der Waals surface area (Å²) in [5.41, 5.74) is 0. The molecule has 1 heterocycles. The fraction of sp³-hybridized carbons (Fsp3) is 0.714. The van der Waals surface area contributed by atoms with Crippen LogP contribution in [0.1, 0.15) is 52.9 Å². The molecule has 0 fully saturated rings. The quantitative estimate of drug-likeness (QED) is 0.633. The zero-order chi connectivity index (χ0) is 13.6. The van der Waals surface area contributed by atoms with E-state index in [9.17, 15) is 9.59 Å². The van der Waals surface area contributed by atoms with E-state index in [-0.39, 0.29) is 22.3 Å². The fourth-order valence-electron chi connectivity index (χ4n) is 2.00. The highest BCUT2D eigenvalue weighted by Gasteiger charge is 2.39. The van der Waals surface area contributed by atoms with Crippen molar-refractivity contribution in [3.05, 3.63) is 11.8 Å². The summed E-state index contributed by atoms with van der Waals surface area (Å²) < 4.78 is 5.20. The van der Waals surface area contributed by atoms with Crippen molar-refractivity contribution in [2.45, 2.75) is 57.6 Å². The molecule has 1 rings (SSSR count). The van der Waals surface area contributed by atoms with E-state index in [1.807, 2.05) is 6.92 Å². The summed E-state index contributed by atoms with van der Waals surface area (Å²) in [6.45, 7) is 5.75. The van der Waals surface area contributed by atoms with Crippen LogP contribution in [0, 0.1) is 0 Å². The van der Waals surface area contributed by atoms with Gasteiger partial charge in [-0.05, 0) is 20.3 Å². The van der Waals surface area contributed by atoms with E-state index >= 15 is 0 Å². The van der Waals surface area contributed by atoms with Gasteiger partial charge in [-0.1, -0.05) is 44.4 Å². The molecule has 18 heavy (non-hydrogen) atoms. The van der Waals surface area contributed by atoms with Gasteiger partial charge in [-0.2, -0.15) is 0 Å². The lowest BCUT2D eigenvalue weighted by molar-refractivity contribution is -0.120. The molecule has 0 amide bonds. The topological polar surface area (TPSA) is 43.4 Å². The molecule has 0 N–H and O–H groups in total. The highest BCUT2D eigenvalue weighted by atomic mass is 32.2. The van der Waals surface area contributed by atoms with Crippen LogP contribution in [0.3, 0.4) is 0 Å². The van der Waals surface area contributed by atoms with Crippen molar-refractivity contribution >= 4 is 22.7 Å². The third-order valence-corrected chi connectivity index (χ3v) is 4.21. The molecule has 1 aliphatic rings. The molecule has 0 unspecified atom stereocenters. The number of carbonyl (C=O) groups excluding carboxylic acids is 2. The third kappa shape index (κ3) is 4.48. The molecule has 0 aromatic carbocycles. The van der Waals surface area contributed by atoms with Crippen LogP contribution in [0.25, 0.3) is 0 Å². The summed E-state index contributed by atoms with van der Waals surface area (Å²) in [6.07, 6.45) is 7.15. The maximum absolute atomic E-state index is 11.5. The minimum atomic E-state index is -0.278. The van der Waals surface area contributed by atoms with E-state index in [1.165, 1.54) is 44.0 Å². The standard InChI is InChI=1S/C14H22O3S/c1-4-5-6-7-8-14(3)12(9-13(16)18-14)17-10-11(2)15/h9H,4-8,10H2,1-3H3/t14-/m1/s1. The van der Waals surface area contributed by atoms with E-state index in [1.54, 1.807) is 0 Å². The van der Waals surface area contributed by atoms with Gasteiger partial charge in [0.25, 0.3) is 0 Å². The molecular formula is C14H22O3S. The number of hydrogen-bond acceptors (Lipinski definition) is 4. The van der Waals surface area contributed by atoms with Crippen LogP contribution < -0.4 is 0 Å². The molecule has 0 bridgehead atoms. The summed E-state index contributed by atoms with van der Waals surface area (Å²) in [5, 5.41) is 0.0338. The van der Waals surface area contributed by atoms with E-state index in [0.29, 0.717) is 5.76 Å². The number of hydrogen-bond donors (Lipinski definition) is 0. The van der Waals surface area contributed by atoms with Crippen LogP contribution in [0.15, 0.2) is 11.8 Å². The summed E-state index contributed by atoms with van der Waals surface area (Å²) >= 11 is 1.32. The monoisotopic (exact) mass is 270 g/mol. The molecule has 4 heteroatoms. The first-order valence-corrected chi connectivity index (χ1v) is 7.37. The minimum absolute atomic E-state index is 0.0198. The van der Waals surface area contributed by atoms with Crippen LogP contribution >= 0.6 is 11.8 Å². The molecule has 0 saturated carbocycles. The van der Waals surface area contributed by atoms with E-state index in [4.69, 9.17) is 4.74 Å². The van der Waals surface area contributed by atoms with Crippen LogP contribution in [0.5, 0.6) is 0 Å². The van der Waals surface area contributed by atoms with Crippen LogP contribution in [0.4, 0.5) is 0 Å². The van der Waals surface area contributed by atoms with Crippen LogP contribution in [0.2, 0.25) is 0 Å². The van der Waals surface area contributed by atoms with Crippen molar-refractivity contribution in [2.24, 2.45) is 0 Å². The number of carbonyl (C=O) groups is 2. The summed E-state index contributed by atoms with van der Waals surface area (Å²) in [4.78, 5) is 22.5. The molecule has 0 spiro atoms. The Hall–Kier alpha value is -0.770. The highest BCUT2D eigenvalue weighted by Crippen LogP contribution is 2.43. The first-order chi connectivity index (χ1) is 8.48. The normalized spacial score (nSPS) is 23.1. The number of unbranched alkanes of at least 4 members (excludes halogenated alkanes) is 3. The first-order valence-electron chi connectivity index (χ1n) is 6.55. The molecule has 3 nitrogen and oxygen atoms in total. The van der Waals surface area contributed by atoms with Gasteiger partial charge in [0.2, 0.25) is 5.12 Å². The first kappa shape index (κ1) is 15.3. The van der Waals surface area contributed by atoms with Gasteiger partial charge in [-0.3, -0.25) is 9.59 Å². The largest absolute Gasteiger partial charge is 0.489 e. The Morgan fingerprint density at radius 2 is 2.11 bits per heavy atom. The van der Waals surface area contributed by atoms with Gasteiger partial charge in [0.1, 0.15) is 12.4 Å². The number of thioether (sulfide) groups is 1. The van der Waals surface area contributed by atoms with Gasteiger partial charge in [-0.25, -0.2) is 0 Å². The summed E-state index contributed by atoms with van der Waals surface area (Å²) in [6, 6.07) is 0. The molecule has 1 aliphatic heterocycles. The highest BCUT2D eigenvalue weighted by molar-refractivity contribution is 8.15. The molecular weight excluding hydrogens is 248 g/mol. The SMILES string of the molecule is CCCCCC[C@@]1(C)SC(=O)C=C1OCC(C)=O. The van der Waals surface area contributed by atoms with Crippen LogP contribution in [-0.4, -0.2) is 22.3 Å². The minimum Gasteiger partial charge on any atom is -0.489 e. The predicted molar refractivity (Wildman–Crippen MR) is 74.5 cm³/mol. The van der Waals surface area contributed by atoms with Gasteiger partial charge in [0.05, 0.1) is 4.75 Å². The lowest BCUT2D eigenvalue weighted by atomic mass is 9.99. The lowest BCUT2D eigenvalue weighted by Gasteiger charge is -2.25. The average molecular weight is 270 g/mol. The number of rotatable bonds is 8. The average Bonchev–Trinajstić information content (AvgIpc) is 2.57. The summed E-state index contributed by atoms with van der Waals surface area (Å²) in [5.74, 6) is 0.651. The molecule has 0 saturated heterocycles. The Kier molecular flexibility index (Phi) is 5.93. The second kappa shape index (κ2) is 6.98. The lowest BCUT2D eigenvalue weighted by Crippen LogP contribution is -2.23. The Bertz CT molecular complexity index is 349. The van der Waals surface area contributed by atoms with Gasteiger partial charge in [0.15, 0.2) is 5.78 Å². The zero-order valence-electron chi connectivity index (χ0n) is 11.5. The Morgan fingerprint density at radius 1 is 1.39 bits per heavy atom. The fourth-order valence-corrected chi connectivity index (χ4v) is 3.07. The molecule has 1 atom stereocenters. The third-order valence-electron chi connectivity index (χ3n) is 3.03. The Morgan fingerprint density at radius 3 is 2.72 bits per heavy atom. The van der Waals surface area contributed by atoms with Crippen molar-refractivity contribution in [1.29, 1.82) is 0 Å². The van der Waals surface area contributed by atoms with Crippen molar-refractivity contribution in [1.82, 2.24) is 0 Å². The maximum Gasteiger partial charge on any atom is 0.216 e. The number of ether oxygens (including phenoxy) is 1. The second-order valence-corrected chi connectivity index (χ2v) is 6.47. The van der Waals surface area contributed by atoms with Crippen molar-refractivity contribution in [2.75, 3.05) is 6.61 Å². The van der Waals surface area contributed by atoms with E-state index in [0.717, 1.165) is 12.8 Å². The summed E-state index contributed by atoms with van der Waals surface area (Å²) in [7, 11) is 0. The van der Waals surface area contributed by atoms with Gasteiger partial charge in [-0.15, -0.1) is 0 Å². The molecule has 0 radical (unpaired) electrons. The Labute approximate surface area is 113 Å². The number of Topliss-reactive ketones (excluding diaryl/α,β-unsaturated/α-hetero) is 1. The second-order valence-electron chi connectivity index (χ2n) is 4.96. The molecule has 102 valence electrons. The van der Waals surface area contributed by atoms with Gasteiger partial charge < -0.3 is 4.74 Å². The van der Waals surface area contributed by atoms with E-state index < -0.39 is 0 Å². The van der Waals surface area contributed by atoms with Crippen molar-refractivity contribution < 1.29 is 14.3 Å². The van der Waals surface area contributed by atoms with E-state index in [2.05, 4.69) is 6.92 Å². The van der Waals surface area contributed by atoms with Crippen LogP contribution in [-0.2, 0) is 14.3 Å².